The summed E-state index contributed by atoms with van der Waals surface area (Å²) >= 11 is 0. The average molecular weight is 161 g/mol. The SMILES string of the molecule is COC(=O)CCC(N)B(O)O. The standard InChI is InChI=1S/C5H12BNO4/c1-11-5(8)3-2-4(7)6(9)10/h4,9-10H,2-3,7H2,1H3. The first-order valence-corrected chi connectivity index (χ1v) is 3.26. The third-order valence-corrected chi connectivity index (χ3v) is 1.29. The molecule has 0 saturated heterocycles. The number of nitrogens with two attached hydrogens (primary N) is 1. The van der Waals surface area contributed by atoms with Crippen LogP contribution in [0.2, 0.25) is 0 Å². The average Bonchev–Trinajstić information content (AvgIpc) is 1.99. The van der Waals surface area contributed by atoms with E-state index in [0.717, 1.165) is 0 Å². The van der Waals surface area contributed by atoms with Gasteiger partial charge >= 0.3 is 13.1 Å². The molecule has 0 fully saturated rings. The molecule has 11 heavy (non-hydrogen) atoms. The third-order valence-electron chi connectivity index (χ3n) is 1.29. The van der Waals surface area contributed by atoms with Crippen LogP contribution in [0.25, 0.3) is 0 Å². The molecule has 0 amide bonds. The van der Waals surface area contributed by atoms with Crippen LogP contribution in [-0.2, 0) is 9.53 Å². The lowest BCUT2D eigenvalue weighted by atomic mass is 9.78. The van der Waals surface area contributed by atoms with Crippen LogP contribution in [0.4, 0.5) is 0 Å². The second kappa shape index (κ2) is 5.12. The van der Waals surface area contributed by atoms with E-state index in [0.29, 0.717) is 0 Å². The molecule has 0 rings (SSSR count). The Balaban J connectivity index is 3.45. The Morgan fingerprint density at radius 1 is 1.73 bits per heavy atom. The Bertz CT molecular complexity index is 130. The Morgan fingerprint density at radius 3 is 2.64 bits per heavy atom. The molecule has 64 valence electrons. The van der Waals surface area contributed by atoms with E-state index >= 15 is 0 Å². The number of hydrogen-bond acceptors (Lipinski definition) is 5. The van der Waals surface area contributed by atoms with E-state index in [9.17, 15) is 4.79 Å². The first kappa shape index (κ1) is 10.4. The van der Waals surface area contributed by atoms with Crippen molar-refractivity contribution in [3.63, 3.8) is 0 Å². The van der Waals surface area contributed by atoms with Gasteiger partial charge in [0.1, 0.15) is 0 Å². The minimum atomic E-state index is -1.57. The molecule has 0 saturated carbocycles. The highest BCUT2D eigenvalue weighted by molar-refractivity contribution is 6.43. The van der Waals surface area contributed by atoms with E-state index in [1.807, 2.05) is 0 Å². The summed E-state index contributed by atoms with van der Waals surface area (Å²) in [6.07, 6.45) is 0.319. The Kier molecular flexibility index (Phi) is 4.84. The number of esters is 1. The van der Waals surface area contributed by atoms with Gasteiger partial charge in [-0.05, 0) is 6.42 Å². The summed E-state index contributed by atoms with van der Waals surface area (Å²) in [6, 6.07) is 0. The summed E-state index contributed by atoms with van der Waals surface area (Å²) in [5.74, 6) is -1.18. The van der Waals surface area contributed by atoms with E-state index < -0.39 is 19.0 Å². The molecule has 0 heterocycles. The summed E-state index contributed by atoms with van der Waals surface area (Å²) in [4.78, 5) is 10.5. The highest BCUT2D eigenvalue weighted by Gasteiger charge is 2.19. The summed E-state index contributed by atoms with van der Waals surface area (Å²) in [6.45, 7) is 0. The second-order valence-electron chi connectivity index (χ2n) is 2.19. The zero-order valence-corrected chi connectivity index (χ0v) is 6.36. The number of carbonyl (C=O) groups excluding carboxylic acids is 1. The van der Waals surface area contributed by atoms with Crippen molar-refractivity contribution in [3.8, 4) is 0 Å². The van der Waals surface area contributed by atoms with Crippen LogP contribution in [0.15, 0.2) is 0 Å². The van der Waals surface area contributed by atoms with Gasteiger partial charge in [-0.25, -0.2) is 0 Å². The van der Waals surface area contributed by atoms with Gasteiger partial charge in [0.2, 0.25) is 0 Å². The highest BCUT2D eigenvalue weighted by Crippen LogP contribution is 1.96. The van der Waals surface area contributed by atoms with E-state index in [4.69, 9.17) is 15.8 Å². The summed E-state index contributed by atoms with van der Waals surface area (Å²) in [5, 5.41) is 17.0. The van der Waals surface area contributed by atoms with Gasteiger partial charge in [-0.1, -0.05) is 0 Å². The zero-order chi connectivity index (χ0) is 8.85. The number of methoxy groups -OCH3 is 1. The van der Waals surface area contributed by atoms with Crippen LogP contribution < -0.4 is 5.73 Å². The fourth-order valence-corrected chi connectivity index (χ4v) is 0.536. The monoisotopic (exact) mass is 161 g/mol. The molecule has 0 aliphatic rings. The maximum atomic E-state index is 10.5. The summed E-state index contributed by atoms with van der Waals surface area (Å²) in [5.41, 5.74) is 5.21. The summed E-state index contributed by atoms with van der Waals surface area (Å²) in [7, 11) is -0.303. The molecule has 5 nitrogen and oxygen atoms in total. The van der Waals surface area contributed by atoms with Crippen LogP contribution in [0, 0.1) is 0 Å². The van der Waals surface area contributed by atoms with Gasteiger partial charge < -0.3 is 20.5 Å². The predicted octanol–water partition coefficient (Wildman–Crippen LogP) is -1.72. The molecule has 0 aromatic heterocycles. The predicted molar refractivity (Wildman–Crippen MR) is 39.4 cm³/mol. The van der Waals surface area contributed by atoms with E-state index in [1.165, 1.54) is 7.11 Å². The van der Waals surface area contributed by atoms with Crippen molar-refractivity contribution in [3.05, 3.63) is 0 Å². The molecule has 0 spiro atoms. The van der Waals surface area contributed by atoms with Crippen molar-refractivity contribution >= 4 is 13.1 Å². The number of ether oxygens (including phenoxy) is 1. The van der Waals surface area contributed by atoms with E-state index in [2.05, 4.69) is 4.74 Å². The minimum absolute atomic E-state index is 0.106. The van der Waals surface area contributed by atoms with Crippen LogP contribution in [0.5, 0.6) is 0 Å². The molecule has 0 aliphatic heterocycles. The summed E-state index contributed by atoms with van der Waals surface area (Å²) < 4.78 is 4.32. The molecule has 0 aromatic carbocycles. The van der Waals surface area contributed by atoms with Crippen LogP contribution in [0.1, 0.15) is 12.8 Å². The number of rotatable bonds is 4. The Hall–Kier alpha value is -0.585. The van der Waals surface area contributed by atoms with Crippen LogP contribution >= 0.6 is 0 Å². The minimum Gasteiger partial charge on any atom is -0.469 e. The maximum absolute atomic E-state index is 10.5. The smallest absolute Gasteiger partial charge is 0.469 e. The van der Waals surface area contributed by atoms with Crippen molar-refractivity contribution in [1.29, 1.82) is 0 Å². The van der Waals surface area contributed by atoms with Crippen molar-refractivity contribution in [1.82, 2.24) is 0 Å². The Labute approximate surface area is 65.3 Å². The molecule has 0 radical (unpaired) electrons. The van der Waals surface area contributed by atoms with Crippen LogP contribution in [-0.4, -0.2) is 36.2 Å². The molecule has 1 atom stereocenters. The molecular weight excluding hydrogens is 149 g/mol. The van der Waals surface area contributed by atoms with E-state index in [1.54, 1.807) is 0 Å². The first-order valence-electron chi connectivity index (χ1n) is 3.26. The van der Waals surface area contributed by atoms with Crippen molar-refractivity contribution in [2.24, 2.45) is 5.73 Å². The topological polar surface area (TPSA) is 92.8 Å². The number of carbonyl (C=O) groups is 1. The van der Waals surface area contributed by atoms with Crippen molar-refractivity contribution in [2.75, 3.05) is 7.11 Å². The highest BCUT2D eigenvalue weighted by atomic mass is 16.5. The van der Waals surface area contributed by atoms with Gasteiger partial charge in [-0.2, -0.15) is 0 Å². The normalized spacial score (nSPS) is 12.4. The van der Waals surface area contributed by atoms with Gasteiger partial charge in [-0.15, -0.1) is 0 Å². The fourth-order valence-electron chi connectivity index (χ4n) is 0.536. The molecule has 0 aromatic rings. The van der Waals surface area contributed by atoms with Crippen molar-refractivity contribution < 1.29 is 19.6 Å². The van der Waals surface area contributed by atoms with E-state index in [-0.39, 0.29) is 12.8 Å². The third kappa shape index (κ3) is 4.77. The lowest BCUT2D eigenvalue weighted by molar-refractivity contribution is -0.140. The molecule has 4 N–H and O–H groups in total. The first-order chi connectivity index (χ1) is 5.07. The maximum Gasteiger partial charge on any atom is 0.469 e. The van der Waals surface area contributed by atoms with Gasteiger partial charge in [0.15, 0.2) is 0 Å². The molecule has 1 unspecified atom stereocenters. The quantitative estimate of drug-likeness (QED) is 0.336. The molecule has 0 aliphatic carbocycles. The van der Waals surface area contributed by atoms with Crippen molar-refractivity contribution in [2.45, 2.75) is 18.8 Å². The second-order valence-corrected chi connectivity index (χ2v) is 2.19. The van der Waals surface area contributed by atoms with Gasteiger partial charge in [-0.3, -0.25) is 4.79 Å². The zero-order valence-electron chi connectivity index (χ0n) is 6.36. The molecule has 0 bridgehead atoms. The molecular formula is C5H12BNO4. The van der Waals surface area contributed by atoms with Gasteiger partial charge in [0.05, 0.1) is 7.11 Å². The Morgan fingerprint density at radius 2 is 2.27 bits per heavy atom. The largest absolute Gasteiger partial charge is 0.469 e. The molecule has 6 heteroatoms. The van der Waals surface area contributed by atoms with Crippen LogP contribution in [0.3, 0.4) is 0 Å². The lowest BCUT2D eigenvalue weighted by Crippen LogP contribution is -2.39. The fraction of sp³-hybridized carbons (Fsp3) is 0.800. The number of hydrogen-bond donors (Lipinski definition) is 3. The lowest BCUT2D eigenvalue weighted by Gasteiger charge is -2.07. The van der Waals surface area contributed by atoms with Gasteiger partial charge in [0, 0.05) is 12.4 Å². The van der Waals surface area contributed by atoms with Gasteiger partial charge in [0.25, 0.3) is 0 Å².